The average Bonchev–Trinajstić information content (AvgIpc) is 3.17. The van der Waals surface area contributed by atoms with Crippen LogP contribution in [0.2, 0.25) is 0 Å². The molecule has 6 nitrogen and oxygen atoms in total. The van der Waals surface area contributed by atoms with E-state index < -0.39 is 0 Å². The normalized spacial score (nSPS) is 21.8. The number of benzene rings is 1. The lowest BCUT2D eigenvalue weighted by atomic mass is 10.0. The molecule has 2 atom stereocenters. The number of nitrogens with one attached hydrogen (secondary N) is 2. The first-order chi connectivity index (χ1) is 13.6. The van der Waals surface area contributed by atoms with Gasteiger partial charge in [-0.05, 0) is 31.4 Å². The molecule has 29 heavy (non-hydrogen) atoms. The zero-order valence-corrected chi connectivity index (χ0v) is 20.7. The molecule has 2 unspecified atom stereocenters. The van der Waals surface area contributed by atoms with E-state index in [4.69, 9.17) is 4.74 Å². The third-order valence-corrected chi connectivity index (χ3v) is 5.91. The number of aliphatic imine (C=N–C) groups is 1. The number of ether oxygens (including phenoxy) is 1. The Balaban J connectivity index is 0.00000300. The van der Waals surface area contributed by atoms with Gasteiger partial charge in [-0.1, -0.05) is 31.5 Å². The molecule has 1 aromatic rings. The summed E-state index contributed by atoms with van der Waals surface area (Å²) in [4.78, 5) is 9.47. The molecule has 0 bridgehead atoms. The van der Waals surface area contributed by atoms with Gasteiger partial charge in [-0.15, -0.1) is 24.0 Å². The largest absolute Gasteiger partial charge is 0.379 e. The molecular formula is C22H38IN5O. The number of morpholine rings is 1. The smallest absolute Gasteiger partial charge is 0.191 e. The third kappa shape index (κ3) is 7.00. The zero-order valence-electron chi connectivity index (χ0n) is 18.4. The molecule has 2 heterocycles. The predicted molar refractivity (Wildman–Crippen MR) is 133 cm³/mol. The van der Waals surface area contributed by atoms with Crippen LogP contribution in [0.25, 0.3) is 0 Å². The molecule has 2 saturated heterocycles. The number of hydrogen-bond donors (Lipinski definition) is 2. The van der Waals surface area contributed by atoms with E-state index in [0.717, 1.165) is 58.3 Å². The van der Waals surface area contributed by atoms with Crippen LogP contribution in [0.4, 0.5) is 5.69 Å². The Labute approximate surface area is 193 Å². The van der Waals surface area contributed by atoms with Crippen LogP contribution >= 0.6 is 24.0 Å². The van der Waals surface area contributed by atoms with Gasteiger partial charge >= 0.3 is 0 Å². The highest BCUT2D eigenvalue weighted by molar-refractivity contribution is 14.0. The standard InChI is InChI=1S/C22H37N5O.HI/c1-17(2)21(26-11-13-28-14-12-26)15-24-22(23-4)25-19-9-10-27(16-19)20-7-5-18(3)6-8-20;/h5-8,17,19,21H,9-16H2,1-4H3,(H2,23,24,25);1H. The molecule has 0 aliphatic carbocycles. The summed E-state index contributed by atoms with van der Waals surface area (Å²) in [5, 5.41) is 7.20. The predicted octanol–water partition coefficient (Wildman–Crippen LogP) is 2.71. The van der Waals surface area contributed by atoms with Crippen LogP contribution in [-0.4, -0.2) is 75.9 Å². The lowest BCUT2D eigenvalue weighted by Gasteiger charge is -2.37. The van der Waals surface area contributed by atoms with Crippen molar-refractivity contribution in [1.82, 2.24) is 15.5 Å². The monoisotopic (exact) mass is 515 g/mol. The second-order valence-corrected chi connectivity index (χ2v) is 8.32. The lowest BCUT2D eigenvalue weighted by molar-refractivity contribution is 0.00751. The van der Waals surface area contributed by atoms with E-state index in [1.165, 1.54) is 11.3 Å². The molecule has 0 saturated carbocycles. The maximum atomic E-state index is 5.52. The maximum absolute atomic E-state index is 5.52. The molecular weight excluding hydrogens is 477 g/mol. The van der Waals surface area contributed by atoms with Crippen LogP contribution < -0.4 is 15.5 Å². The number of anilines is 1. The van der Waals surface area contributed by atoms with Crippen molar-refractivity contribution in [2.45, 2.75) is 39.3 Å². The van der Waals surface area contributed by atoms with E-state index in [9.17, 15) is 0 Å². The minimum Gasteiger partial charge on any atom is -0.379 e. The molecule has 2 fully saturated rings. The van der Waals surface area contributed by atoms with Crippen molar-refractivity contribution in [3.05, 3.63) is 29.8 Å². The van der Waals surface area contributed by atoms with E-state index in [1.807, 2.05) is 7.05 Å². The summed E-state index contributed by atoms with van der Waals surface area (Å²) in [6.07, 6.45) is 1.13. The molecule has 7 heteroatoms. The van der Waals surface area contributed by atoms with Crippen molar-refractivity contribution >= 4 is 35.6 Å². The van der Waals surface area contributed by atoms with Gasteiger partial charge in [0.05, 0.1) is 13.2 Å². The quantitative estimate of drug-likeness (QED) is 0.347. The molecule has 2 N–H and O–H groups in total. The van der Waals surface area contributed by atoms with Crippen molar-refractivity contribution in [3.63, 3.8) is 0 Å². The molecule has 0 spiro atoms. The summed E-state index contributed by atoms with van der Waals surface area (Å²) in [5.41, 5.74) is 2.62. The second-order valence-electron chi connectivity index (χ2n) is 8.32. The van der Waals surface area contributed by atoms with Crippen molar-refractivity contribution < 1.29 is 4.74 Å². The zero-order chi connectivity index (χ0) is 19.9. The van der Waals surface area contributed by atoms with Crippen LogP contribution in [0.3, 0.4) is 0 Å². The number of guanidine groups is 1. The van der Waals surface area contributed by atoms with Crippen molar-refractivity contribution in [2.24, 2.45) is 10.9 Å². The molecule has 164 valence electrons. The molecule has 0 radical (unpaired) electrons. The summed E-state index contributed by atoms with van der Waals surface area (Å²) in [7, 11) is 1.86. The fourth-order valence-electron chi connectivity index (χ4n) is 4.15. The van der Waals surface area contributed by atoms with E-state index in [-0.39, 0.29) is 24.0 Å². The first kappa shape index (κ1) is 24.2. The van der Waals surface area contributed by atoms with E-state index in [2.05, 4.69) is 70.5 Å². The topological polar surface area (TPSA) is 52.1 Å². The van der Waals surface area contributed by atoms with E-state index in [0.29, 0.717) is 18.0 Å². The van der Waals surface area contributed by atoms with Crippen LogP contribution in [0.5, 0.6) is 0 Å². The summed E-state index contributed by atoms with van der Waals surface area (Å²) < 4.78 is 5.52. The molecule has 1 aromatic carbocycles. The Morgan fingerprint density at radius 3 is 2.48 bits per heavy atom. The SMILES string of the molecule is CN=C(NCC(C(C)C)N1CCOCC1)NC1CCN(c2ccc(C)cc2)C1.I. The number of rotatable bonds is 6. The Bertz CT molecular complexity index is 631. The lowest BCUT2D eigenvalue weighted by Crippen LogP contribution is -2.53. The van der Waals surface area contributed by atoms with Gasteiger partial charge < -0.3 is 20.3 Å². The van der Waals surface area contributed by atoms with Gasteiger partial charge in [0.25, 0.3) is 0 Å². The fourth-order valence-corrected chi connectivity index (χ4v) is 4.15. The van der Waals surface area contributed by atoms with Crippen LogP contribution in [0.15, 0.2) is 29.3 Å². The van der Waals surface area contributed by atoms with Gasteiger partial charge in [0, 0.05) is 57.5 Å². The minimum atomic E-state index is 0. The molecule has 0 aromatic heterocycles. The first-order valence-corrected chi connectivity index (χ1v) is 10.7. The van der Waals surface area contributed by atoms with Crippen molar-refractivity contribution in [3.8, 4) is 0 Å². The Kier molecular flexibility index (Phi) is 9.98. The second kappa shape index (κ2) is 12.0. The highest BCUT2D eigenvalue weighted by Gasteiger charge is 2.26. The Morgan fingerprint density at radius 1 is 1.17 bits per heavy atom. The van der Waals surface area contributed by atoms with E-state index >= 15 is 0 Å². The number of nitrogens with zero attached hydrogens (tertiary/aromatic N) is 3. The van der Waals surface area contributed by atoms with Gasteiger partial charge in [0.2, 0.25) is 0 Å². The molecule has 2 aliphatic heterocycles. The van der Waals surface area contributed by atoms with Gasteiger partial charge in [0.1, 0.15) is 0 Å². The highest BCUT2D eigenvalue weighted by atomic mass is 127. The number of aryl methyl sites for hydroxylation is 1. The average molecular weight is 515 g/mol. The number of halogens is 1. The highest BCUT2D eigenvalue weighted by Crippen LogP contribution is 2.20. The Hall–Kier alpha value is -1.06. The summed E-state index contributed by atoms with van der Waals surface area (Å²) in [5.74, 6) is 1.50. The Morgan fingerprint density at radius 2 is 1.86 bits per heavy atom. The van der Waals surface area contributed by atoms with Crippen molar-refractivity contribution in [1.29, 1.82) is 0 Å². The van der Waals surface area contributed by atoms with Gasteiger partial charge in [-0.3, -0.25) is 9.89 Å². The van der Waals surface area contributed by atoms with Gasteiger partial charge in [-0.25, -0.2) is 0 Å². The van der Waals surface area contributed by atoms with Crippen molar-refractivity contribution in [2.75, 3.05) is 57.9 Å². The maximum Gasteiger partial charge on any atom is 0.191 e. The summed E-state index contributed by atoms with van der Waals surface area (Å²) in [6, 6.07) is 9.74. The third-order valence-electron chi connectivity index (χ3n) is 5.91. The fraction of sp³-hybridized carbons (Fsp3) is 0.682. The van der Waals surface area contributed by atoms with Crippen LogP contribution in [0, 0.1) is 12.8 Å². The van der Waals surface area contributed by atoms with Crippen LogP contribution in [-0.2, 0) is 4.74 Å². The molecule has 0 amide bonds. The van der Waals surface area contributed by atoms with E-state index in [1.54, 1.807) is 0 Å². The molecule has 2 aliphatic rings. The van der Waals surface area contributed by atoms with Gasteiger partial charge in [-0.2, -0.15) is 0 Å². The molecule has 3 rings (SSSR count). The summed E-state index contributed by atoms with van der Waals surface area (Å²) >= 11 is 0. The van der Waals surface area contributed by atoms with Gasteiger partial charge in [0.15, 0.2) is 5.96 Å². The first-order valence-electron chi connectivity index (χ1n) is 10.7. The minimum absolute atomic E-state index is 0. The summed E-state index contributed by atoms with van der Waals surface area (Å²) in [6.45, 7) is 13.5. The number of hydrogen-bond acceptors (Lipinski definition) is 4. The van der Waals surface area contributed by atoms with Crippen LogP contribution in [0.1, 0.15) is 25.8 Å².